The number of hydrogen-bond donors (Lipinski definition) is 2. The summed E-state index contributed by atoms with van der Waals surface area (Å²) in [5, 5.41) is 16.9. The number of aliphatic hydroxyl groups excluding tert-OH is 1. The maximum Gasteiger partial charge on any atom is 0.151 e. The third-order valence-corrected chi connectivity index (χ3v) is 1.34. The highest BCUT2D eigenvalue weighted by Gasteiger charge is 1.95. The van der Waals surface area contributed by atoms with Crippen LogP contribution in [0.15, 0.2) is 12.8 Å². The van der Waals surface area contributed by atoms with E-state index in [2.05, 4.69) is 6.58 Å². The van der Waals surface area contributed by atoms with Gasteiger partial charge in [0.2, 0.25) is 0 Å². The molecule has 0 fully saturated rings. The summed E-state index contributed by atoms with van der Waals surface area (Å²) >= 11 is 0. The van der Waals surface area contributed by atoms with Gasteiger partial charge in [0.05, 0.1) is 12.9 Å². The van der Waals surface area contributed by atoms with Gasteiger partial charge in [0, 0.05) is 0 Å². The van der Waals surface area contributed by atoms with Crippen molar-refractivity contribution in [3.63, 3.8) is 0 Å². The third kappa shape index (κ3) is 9.46. The normalized spacial score (nSPS) is 10.1. The van der Waals surface area contributed by atoms with Gasteiger partial charge in [-0.05, 0) is 25.7 Å². The van der Waals surface area contributed by atoms with Crippen LogP contribution in [0.25, 0.3) is 0 Å². The largest absolute Gasteiger partial charge is 0.502 e. The SMILES string of the molecule is C=COCCCCCC(O)O. The fourth-order valence-corrected chi connectivity index (χ4v) is 0.772. The standard InChI is InChI=1S/C8H16O3/c1-2-11-7-5-3-4-6-8(9)10/h2,8-10H,1,3-7H2. The average molecular weight is 160 g/mol. The van der Waals surface area contributed by atoms with Crippen molar-refractivity contribution in [3.05, 3.63) is 12.8 Å². The molecule has 0 unspecified atom stereocenters. The third-order valence-electron chi connectivity index (χ3n) is 1.34. The van der Waals surface area contributed by atoms with Gasteiger partial charge >= 0.3 is 0 Å². The lowest BCUT2D eigenvalue weighted by Crippen LogP contribution is -2.03. The van der Waals surface area contributed by atoms with Crippen LogP contribution in [-0.4, -0.2) is 23.1 Å². The van der Waals surface area contributed by atoms with Crippen LogP contribution in [0.1, 0.15) is 25.7 Å². The predicted octanol–water partition coefficient (Wildman–Crippen LogP) is 1.02. The molecule has 0 heterocycles. The first-order valence-corrected chi connectivity index (χ1v) is 3.86. The summed E-state index contributed by atoms with van der Waals surface area (Å²) in [6.07, 6.45) is 3.45. The van der Waals surface area contributed by atoms with Gasteiger partial charge in [0.25, 0.3) is 0 Å². The number of aliphatic hydroxyl groups is 2. The molecular weight excluding hydrogens is 144 g/mol. The van der Waals surface area contributed by atoms with E-state index in [-0.39, 0.29) is 0 Å². The summed E-state index contributed by atoms with van der Waals surface area (Å²) in [6.45, 7) is 4.08. The molecule has 3 heteroatoms. The highest BCUT2D eigenvalue weighted by Crippen LogP contribution is 2.01. The molecule has 0 radical (unpaired) electrons. The van der Waals surface area contributed by atoms with Gasteiger partial charge in [-0.3, -0.25) is 0 Å². The molecule has 0 aliphatic heterocycles. The zero-order valence-corrected chi connectivity index (χ0v) is 6.70. The summed E-state index contributed by atoms with van der Waals surface area (Å²) in [4.78, 5) is 0. The highest BCUT2D eigenvalue weighted by molar-refractivity contribution is 4.49. The average Bonchev–Trinajstić information content (AvgIpc) is 1.96. The quantitative estimate of drug-likeness (QED) is 0.332. The number of rotatable bonds is 7. The second-order valence-electron chi connectivity index (χ2n) is 2.37. The molecule has 0 spiro atoms. The highest BCUT2D eigenvalue weighted by atomic mass is 16.5. The van der Waals surface area contributed by atoms with E-state index in [4.69, 9.17) is 14.9 Å². The maximum absolute atomic E-state index is 8.46. The van der Waals surface area contributed by atoms with Gasteiger partial charge < -0.3 is 14.9 Å². The molecule has 0 bridgehead atoms. The molecule has 0 saturated carbocycles. The lowest BCUT2D eigenvalue weighted by Gasteiger charge is -2.02. The van der Waals surface area contributed by atoms with Gasteiger partial charge in [-0.25, -0.2) is 0 Å². The Labute approximate surface area is 67.3 Å². The molecule has 0 aliphatic carbocycles. The Morgan fingerprint density at radius 1 is 1.27 bits per heavy atom. The van der Waals surface area contributed by atoms with Crippen LogP contribution in [0.5, 0.6) is 0 Å². The van der Waals surface area contributed by atoms with Gasteiger partial charge in [0.1, 0.15) is 0 Å². The van der Waals surface area contributed by atoms with E-state index in [1.54, 1.807) is 0 Å². The van der Waals surface area contributed by atoms with Crippen LogP contribution in [0.3, 0.4) is 0 Å². The Balaban J connectivity index is 2.85. The number of ether oxygens (including phenoxy) is 1. The van der Waals surface area contributed by atoms with Crippen LogP contribution in [0, 0.1) is 0 Å². The molecule has 11 heavy (non-hydrogen) atoms. The first-order chi connectivity index (χ1) is 5.27. The Morgan fingerprint density at radius 2 is 2.00 bits per heavy atom. The Morgan fingerprint density at radius 3 is 2.55 bits per heavy atom. The molecule has 0 atom stereocenters. The van der Waals surface area contributed by atoms with Crippen molar-refractivity contribution in [2.45, 2.75) is 32.0 Å². The fourth-order valence-electron chi connectivity index (χ4n) is 0.772. The number of unbranched alkanes of at least 4 members (excludes halogenated alkanes) is 2. The first-order valence-electron chi connectivity index (χ1n) is 3.86. The van der Waals surface area contributed by atoms with Crippen LogP contribution < -0.4 is 0 Å². The Hall–Kier alpha value is -0.540. The van der Waals surface area contributed by atoms with Crippen molar-refractivity contribution < 1.29 is 14.9 Å². The number of hydrogen-bond acceptors (Lipinski definition) is 3. The van der Waals surface area contributed by atoms with Crippen molar-refractivity contribution >= 4 is 0 Å². The fraction of sp³-hybridized carbons (Fsp3) is 0.750. The summed E-state index contributed by atoms with van der Waals surface area (Å²) in [6, 6.07) is 0. The minimum Gasteiger partial charge on any atom is -0.502 e. The van der Waals surface area contributed by atoms with Gasteiger partial charge in [0.15, 0.2) is 6.29 Å². The monoisotopic (exact) mass is 160 g/mol. The molecule has 0 aliphatic rings. The van der Waals surface area contributed by atoms with Gasteiger partial charge in [-0.1, -0.05) is 6.58 Å². The molecule has 0 aromatic carbocycles. The first kappa shape index (κ1) is 10.5. The van der Waals surface area contributed by atoms with E-state index in [1.165, 1.54) is 6.26 Å². The Kier molecular flexibility index (Phi) is 7.19. The summed E-state index contributed by atoms with van der Waals surface area (Å²) < 4.78 is 4.88. The second kappa shape index (κ2) is 7.57. The lowest BCUT2D eigenvalue weighted by atomic mass is 10.2. The van der Waals surface area contributed by atoms with Gasteiger partial charge in [-0.2, -0.15) is 0 Å². The molecular formula is C8H16O3. The van der Waals surface area contributed by atoms with Crippen molar-refractivity contribution in [1.82, 2.24) is 0 Å². The maximum atomic E-state index is 8.46. The van der Waals surface area contributed by atoms with Crippen molar-refractivity contribution in [2.75, 3.05) is 6.61 Å². The van der Waals surface area contributed by atoms with Crippen molar-refractivity contribution in [1.29, 1.82) is 0 Å². The van der Waals surface area contributed by atoms with Gasteiger partial charge in [-0.15, -0.1) is 0 Å². The van der Waals surface area contributed by atoms with Crippen LogP contribution in [0.2, 0.25) is 0 Å². The molecule has 0 aromatic heterocycles. The Bertz CT molecular complexity index is 91.3. The summed E-state index contributed by atoms with van der Waals surface area (Å²) in [5.74, 6) is 0. The van der Waals surface area contributed by atoms with Crippen LogP contribution >= 0.6 is 0 Å². The molecule has 0 saturated heterocycles. The van der Waals surface area contributed by atoms with E-state index in [1.807, 2.05) is 0 Å². The molecule has 0 amide bonds. The lowest BCUT2D eigenvalue weighted by molar-refractivity contribution is -0.0467. The second-order valence-corrected chi connectivity index (χ2v) is 2.37. The van der Waals surface area contributed by atoms with E-state index in [9.17, 15) is 0 Å². The molecule has 0 aromatic rings. The summed E-state index contributed by atoms with van der Waals surface area (Å²) in [7, 11) is 0. The minimum atomic E-state index is -1.16. The minimum absolute atomic E-state index is 0.452. The zero-order valence-electron chi connectivity index (χ0n) is 6.70. The van der Waals surface area contributed by atoms with Crippen LogP contribution in [-0.2, 0) is 4.74 Å². The smallest absolute Gasteiger partial charge is 0.151 e. The van der Waals surface area contributed by atoms with E-state index >= 15 is 0 Å². The van der Waals surface area contributed by atoms with Crippen LogP contribution in [0.4, 0.5) is 0 Å². The van der Waals surface area contributed by atoms with Crippen molar-refractivity contribution in [2.24, 2.45) is 0 Å². The topological polar surface area (TPSA) is 49.7 Å². The molecule has 66 valence electrons. The summed E-state index contributed by atoms with van der Waals surface area (Å²) in [5.41, 5.74) is 0. The zero-order chi connectivity index (χ0) is 8.53. The van der Waals surface area contributed by atoms with Crippen molar-refractivity contribution in [3.8, 4) is 0 Å². The van der Waals surface area contributed by atoms with E-state index in [0.29, 0.717) is 13.0 Å². The molecule has 3 nitrogen and oxygen atoms in total. The molecule has 2 N–H and O–H groups in total. The van der Waals surface area contributed by atoms with E-state index < -0.39 is 6.29 Å². The predicted molar refractivity (Wildman–Crippen MR) is 42.8 cm³/mol. The molecule has 0 rings (SSSR count). The van der Waals surface area contributed by atoms with E-state index in [0.717, 1.165) is 19.3 Å².